The van der Waals surface area contributed by atoms with Crippen LogP contribution in [0, 0.1) is 5.92 Å². The Labute approximate surface area is 195 Å². The number of nitrogens with one attached hydrogen (secondary N) is 2. The molecule has 1 aliphatic rings. The van der Waals surface area contributed by atoms with E-state index >= 15 is 0 Å². The van der Waals surface area contributed by atoms with Crippen LogP contribution in [0.1, 0.15) is 46.6 Å². The quantitative estimate of drug-likeness (QED) is 0.540. The number of rotatable bonds is 9. The van der Waals surface area contributed by atoms with Crippen molar-refractivity contribution in [2.75, 3.05) is 13.7 Å². The molecule has 0 spiro atoms. The molecule has 9 nitrogen and oxygen atoms in total. The summed E-state index contributed by atoms with van der Waals surface area (Å²) in [6.45, 7) is 9.47. The Morgan fingerprint density at radius 3 is 2.39 bits per heavy atom. The number of methoxy groups -OCH3 is 1. The number of ether oxygens (including phenoxy) is 4. The third-order valence-corrected chi connectivity index (χ3v) is 4.91. The first-order chi connectivity index (χ1) is 15.5. The molecule has 33 heavy (non-hydrogen) atoms. The van der Waals surface area contributed by atoms with Gasteiger partial charge in [-0.3, -0.25) is 4.79 Å². The number of carbonyl (C=O) groups is 3. The van der Waals surface area contributed by atoms with Gasteiger partial charge in [0.15, 0.2) is 6.10 Å². The maximum atomic E-state index is 13.1. The third kappa shape index (κ3) is 8.66. The second-order valence-corrected chi connectivity index (χ2v) is 9.48. The highest BCUT2D eigenvalue weighted by Gasteiger charge is 2.44. The smallest absolute Gasteiger partial charge is 0.408 e. The molecule has 0 bridgehead atoms. The standard InChI is InChI=1S/C24H36N2O7/c1-15(2)12-17(26-23(29)33-24(3,4)5)21(27)25-18-14-32-20(22(28)30-6)19(18)31-13-16-10-8-7-9-11-16/h7-11,15,17-20H,12-14H2,1-6H3,(H,25,27)(H,26,29)/t17-,18+,19-,20-/m1/s1. The fraction of sp³-hybridized carbons (Fsp3) is 0.625. The van der Waals surface area contributed by atoms with Gasteiger partial charge in [0.2, 0.25) is 5.91 Å². The fourth-order valence-electron chi connectivity index (χ4n) is 3.46. The van der Waals surface area contributed by atoms with Crippen LogP contribution in [0.25, 0.3) is 0 Å². The summed E-state index contributed by atoms with van der Waals surface area (Å²) in [5.41, 5.74) is 0.231. The van der Waals surface area contributed by atoms with E-state index in [4.69, 9.17) is 18.9 Å². The van der Waals surface area contributed by atoms with Gasteiger partial charge in [0.05, 0.1) is 26.4 Å². The minimum absolute atomic E-state index is 0.0752. The van der Waals surface area contributed by atoms with Crippen LogP contribution in [0.4, 0.5) is 4.79 Å². The predicted molar refractivity (Wildman–Crippen MR) is 121 cm³/mol. The van der Waals surface area contributed by atoms with Gasteiger partial charge in [-0.1, -0.05) is 44.2 Å². The zero-order valence-corrected chi connectivity index (χ0v) is 20.3. The van der Waals surface area contributed by atoms with Gasteiger partial charge < -0.3 is 29.6 Å². The second-order valence-electron chi connectivity index (χ2n) is 9.48. The molecule has 0 aromatic heterocycles. The van der Waals surface area contributed by atoms with Crippen molar-refractivity contribution in [2.24, 2.45) is 5.92 Å². The Morgan fingerprint density at radius 1 is 1.15 bits per heavy atom. The van der Waals surface area contributed by atoms with Crippen molar-refractivity contribution in [3.05, 3.63) is 35.9 Å². The molecule has 0 saturated carbocycles. The minimum Gasteiger partial charge on any atom is -0.467 e. The maximum absolute atomic E-state index is 13.1. The van der Waals surface area contributed by atoms with Gasteiger partial charge in [0.1, 0.15) is 17.7 Å². The Balaban J connectivity index is 2.10. The number of amides is 2. The Morgan fingerprint density at radius 2 is 1.82 bits per heavy atom. The number of hydrogen-bond acceptors (Lipinski definition) is 7. The SMILES string of the molecule is COC(=O)[C@@H]1OC[C@H](NC(=O)[C@@H](CC(C)C)NC(=O)OC(C)(C)C)[C@H]1OCc1ccccc1. The molecule has 4 atom stereocenters. The molecule has 0 aliphatic carbocycles. The van der Waals surface area contributed by atoms with E-state index in [2.05, 4.69) is 10.6 Å². The molecule has 1 aliphatic heterocycles. The molecule has 2 N–H and O–H groups in total. The molecule has 9 heteroatoms. The maximum Gasteiger partial charge on any atom is 0.408 e. The van der Waals surface area contributed by atoms with E-state index < -0.39 is 47.9 Å². The number of benzene rings is 1. The van der Waals surface area contributed by atoms with Crippen LogP contribution in [0.3, 0.4) is 0 Å². The molecule has 1 saturated heterocycles. The van der Waals surface area contributed by atoms with Gasteiger partial charge in [-0.2, -0.15) is 0 Å². The van der Waals surface area contributed by atoms with Crippen LogP contribution >= 0.6 is 0 Å². The van der Waals surface area contributed by atoms with Gasteiger partial charge in [-0.05, 0) is 38.7 Å². The number of esters is 1. The van der Waals surface area contributed by atoms with Crippen LogP contribution < -0.4 is 10.6 Å². The van der Waals surface area contributed by atoms with Crippen molar-refractivity contribution in [1.29, 1.82) is 0 Å². The first-order valence-electron chi connectivity index (χ1n) is 11.1. The summed E-state index contributed by atoms with van der Waals surface area (Å²) in [6.07, 6.45) is -1.97. The molecule has 1 aromatic rings. The summed E-state index contributed by atoms with van der Waals surface area (Å²) in [5.74, 6) is -0.833. The third-order valence-electron chi connectivity index (χ3n) is 4.91. The van der Waals surface area contributed by atoms with Gasteiger partial charge in [-0.15, -0.1) is 0 Å². The summed E-state index contributed by atoms with van der Waals surface area (Å²) in [4.78, 5) is 37.6. The van der Waals surface area contributed by atoms with Gasteiger partial charge >= 0.3 is 12.1 Å². The van der Waals surface area contributed by atoms with Crippen molar-refractivity contribution in [3.63, 3.8) is 0 Å². The lowest BCUT2D eigenvalue weighted by atomic mass is 10.0. The first-order valence-corrected chi connectivity index (χ1v) is 11.1. The molecular formula is C24H36N2O7. The Hall–Kier alpha value is -2.65. The molecule has 184 valence electrons. The van der Waals surface area contributed by atoms with Crippen molar-refractivity contribution in [2.45, 2.75) is 77.5 Å². The Kier molecular flexibility index (Phi) is 9.67. The topological polar surface area (TPSA) is 112 Å². The summed E-state index contributed by atoms with van der Waals surface area (Å²) >= 11 is 0. The summed E-state index contributed by atoms with van der Waals surface area (Å²) in [5, 5.41) is 5.53. The average molecular weight is 465 g/mol. The number of alkyl carbamates (subject to hydrolysis) is 1. The number of hydrogen-bond donors (Lipinski definition) is 2. The van der Waals surface area contributed by atoms with E-state index in [1.54, 1.807) is 20.8 Å². The van der Waals surface area contributed by atoms with Crippen molar-refractivity contribution in [1.82, 2.24) is 10.6 Å². The van der Waals surface area contributed by atoms with Gasteiger partial charge in [0, 0.05) is 0 Å². The van der Waals surface area contributed by atoms with E-state index in [9.17, 15) is 14.4 Å². The molecule has 1 aromatic carbocycles. The highest BCUT2D eigenvalue weighted by molar-refractivity contribution is 5.86. The van der Waals surface area contributed by atoms with Crippen LogP contribution in [0.5, 0.6) is 0 Å². The van der Waals surface area contributed by atoms with Crippen molar-refractivity contribution < 1.29 is 33.3 Å². The highest BCUT2D eigenvalue weighted by Crippen LogP contribution is 2.21. The molecule has 2 amide bonds. The van der Waals surface area contributed by atoms with Crippen LogP contribution in [-0.2, 0) is 35.1 Å². The lowest BCUT2D eigenvalue weighted by Gasteiger charge is -2.27. The van der Waals surface area contributed by atoms with Crippen molar-refractivity contribution >= 4 is 18.0 Å². The molecular weight excluding hydrogens is 428 g/mol. The largest absolute Gasteiger partial charge is 0.467 e. The van der Waals surface area contributed by atoms with E-state index in [1.807, 2.05) is 44.2 Å². The van der Waals surface area contributed by atoms with Gasteiger partial charge in [-0.25, -0.2) is 9.59 Å². The molecule has 0 unspecified atom stereocenters. The van der Waals surface area contributed by atoms with E-state index in [1.165, 1.54) is 7.11 Å². The lowest BCUT2D eigenvalue weighted by molar-refractivity contribution is -0.157. The highest BCUT2D eigenvalue weighted by atomic mass is 16.6. The summed E-state index contributed by atoms with van der Waals surface area (Å²) in [6, 6.07) is 8.07. The fourth-order valence-corrected chi connectivity index (χ4v) is 3.46. The van der Waals surface area contributed by atoms with Crippen LogP contribution in [0.15, 0.2) is 30.3 Å². The first kappa shape index (κ1) is 26.6. The van der Waals surface area contributed by atoms with Crippen molar-refractivity contribution in [3.8, 4) is 0 Å². The van der Waals surface area contributed by atoms with Crippen LogP contribution in [-0.4, -0.2) is 61.6 Å². The summed E-state index contributed by atoms with van der Waals surface area (Å²) in [7, 11) is 1.27. The lowest BCUT2D eigenvalue weighted by Crippen LogP contribution is -2.54. The monoisotopic (exact) mass is 464 g/mol. The Bertz CT molecular complexity index is 792. The molecule has 2 rings (SSSR count). The van der Waals surface area contributed by atoms with E-state index in [-0.39, 0.29) is 19.1 Å². The average Bonchev–Trinajstić information content (AvgIpc) is 3.12. The normalized spacial score (nSPS) is 21.4. The molecule has 1 heterocycles. The zero-order chi connectivity index (χ0) is 24.6. The van der Waals surface area contributed by atoms with E-state index in [0.29, 0.717) is 6.42 Å². The molecule has 0 radical (unpaired) electrons. The number of carbonyl (C=O) groups excluding carboxylic acids is 3. The van der Waals surface area contributed by atoms with Crippen LogP contribution in [0.2, 0.25) is 0 Å². The zero-order valence-electron chi connectivity index (χ0n) is 20.3. The minimum atomic E-state index is -0.966. The van der Waals surface area contributed by atoms with E-state index in [0.717, 1.165) is 5.56 Å². The second kappa shape index (κ2) is 12.0. The summed E-state index contributed by atoms with van der Waals surface area (Å²) < 4.78 is 21.7. The van der Waals surface area contributed by atoms with Gasteiger partial charge in [0.25, 0.3) is 0 Å². The molecule has 1 fully saturated rings. The predicted octanol–water partition coefficient (Wildman–Crippen LogP) is 2.57.